The third-order valence-corrected chi connectivity index (χ3v) is 5.80. The lowest BCUT2D eigenvalue weighted by molar-refractivity contribution is 0.0991. The lowest BCUT2D eigenvalue weighted by Crippen LogP contribution is -2.31. The lowest BCUT2D eigenvalue weighted by atomic mass is 10.2. The Hall–Kier alpha value is -1.66. The average molecular weight is 323 g/mol. The minimum absolute atomic E-state index is 0.00869. The van der Waals surface area contributed by atoms with E-state index >= 15 is 0 Å². The quantitative estimate of drug-likeness (QED) is 0.849. The molecule has 0 fully saturated rings. The van der Waals surface area contributed by atoms with E-state index in [4.69, 9.17) is 0 Å². The minimum Gasteiger partial charge on any atom is -0.307 e. The van der Waals surface area contributed by atoms with Crippen LogP contribution in [-0.4, -0.2) is 26.6 Å². The number of para-hydroxylation sites is 1. The van der Waals surface area contributed by atoms with Crippen LogP contribution >= 0.6 is 11.3 Å². The van der Waals surface area contributed by atoms with Crippen molar-refractivity contribution >= 4 is 32.8 Å². The molecule has 0 radical (unpaired) electrons. The first-order valence-electron chi connectivity index (χ1n) is 6.68. The van der Waals surface area contributed by atoms with Crippen molar-refractivity contribution in [2.24, 2.45) is 0 Å². The predicted molar refractivity (Wildman–Crippen MR) is 85.8 cm³/mol. The number of anilines is 1. The van der Waals surface area contributed by atoms with E-state index in [-0.39, 0.29) is 16.6 Å². The van der Waals surface area contributed by atoms with Gasteiger partial charge in [0, 0.05) is 6.54 Å². The van der Waals surface area contributed by atoms with Crippen molar-refractivity contribution in [2.45, 2.75) is 18.7 Å². The average Bonchev–Trinajstić information content (AvgIpc) is 3.02. The van der Waals surface area contributed by atoms with Crippen LogP contribution in [0.2, 0.25) is 0 Å². The van der Waals surface area contributed by atoms with Gasteiger partial charge in [-0.1, -0.05) is 25.1 Å². The molecule has 1 heterocycles. The number of sulfone groups is 1. The van der Waals surface area contributed by atoms with Crippen LogP contribution in [0.3, 0.4) is 0 Å². The van der Waals surface area contributed by atoms with Crippen molar-refractivity contribution in [2.75, 3.05) is 17.2 Å². The molecule has 0 aliphatic rings. The van der Waals surface area contributed by atoms with Crippen molar-refractivity contribution < 1.29 is 13.2 Å². The van der Waals surface area contributed by atoms with Crippen LogP contribution in [0.25, 0.3) is 0 Å². The largest absolute Gasteiger partial charge is 0.307 e. The first-order chi connectivity index (χ1) is 10.0. The molecule has 21 heavy (non-hydrogen) atoms. The SMILES string of the molecule is CCN(C(=O)c1cccs1)c1ccccc1S(=O)(=O)CC. The molecular formula is C15H17NO3S2. The summed E-state index contributed by atoms with van der Waals surface area (Å²) < 4.78 is 24.4. The highest BCUT2D eigenvalue weighted by atomic mass is 32.2. The molecule has 0 N–H and O–H groups in total. The molecule has 0 bridgehead atoms. The Morgan fingerprint density at radius 2 is 1.86 bits per heavy atom. The molecule has 0 spiro atoms. The molecule has 112 valence electrons. The number of benzene rings is 1. The summed E-state index contributed by atoms with van der Waals surface area (Å²) in [5, 5.41) is 1.83. The van der Waals surface area contributed by atoms with E-state index in [1.165, 1.54) is 16.2 Å². The minimum atomic E-state index is -3.38. The monoisotopic (exact) mass is 323 g/mol. The van der Waals surface area contributed by atoms with Crippen molar-refractivity contribution in [1.82, 2.24) is 0 Å². The Kier molecular flexibility index (Phi) is 4.80. The molecule has 0 saturated carbocycles. The summed E-state index contributed by atoms with van der Waals surface area (Å²) in [5.74, 6) is -0.166. The number of thiophene rings is 1. The van der Waals surface area contributed by atoms with Gasteiger partial charge in [-0.05, 0) is 30.5 Å². The Morgan fingerprint density at radius 1 is 1.14 bits per heavy atom. The van der Waals surface area contributed by atoms with Crippen molar-refractivity contribution in [3.63, 3.8) is 0 Å². The molecule has 1 amide bonds. The van der Waals surface area contributed by atoms with Crippen molar-refractivity contribution in [3.05, 3.63) is 46.7 Å². The third-order valence-electron chi connectivity index (χ3n) is 3.16. The van der Waals surface area contributed by atoms with E-state index in [1.807, 2.05) is 12.3 Å². The number of hydrogen-bond donors (Lipinski definition) is 0. The number of carbonyl (C=O) groups is 1. The zero-order valence-electron chi connectivity index (χ0n) is 11.9. The molecular weight excluding hydrogens is 306 g/mol. The highest BCUT2D eigenvalue weighted by molar-refractivity contribution is 7.91. The van der Waals surface area contributed by atoms with Gasteiger partial charge in [-0.3, -0.25) is 4.79 Å². The van der Waals surface area contributed by atoms with E-state index in [0.29, 0.717) is 17.1 Å². The fourth-order valence-corrected chi connectivity index (χ4v) is 3.82. The van der Waals surface area contributed by atoms with Crippen LogP contribution in [-0.2, 0) is 9.84 Å². The third kappa shape index (κ3) is 3.16. The number of carbonyl (C=O) groups excluding carboxylic acids is 1. The van der Waals surface area contributed by atoms with Crippen LogP contribution in [0.1, 0.15) is 23.5 Å². The topological polar surface area (TPSA) is 54.5 Å². The smallest absolute Gasteiger partial charge is 0.268 e. The van der Waals surface area contributed by atoms with Crippen LogP contribution < -0.4 is 4.90 Å². The predicted octanol–water partition coefficient (Wildman–Crippen LogP) is 3.21. The summed E-state index contributed by atoms with van der Waals surface area (Å²) in [6, 6.07) is 10.2. The molecule has 0 atom stereocenters. The van der Waals surface area contributed by atoms with Crippen LogP contribution in [0.15, 0.2) is 46.7 Å². The Balaban J connectivity index is 2.52. The second-order valence-corrected chi connectivity index (χ2v) is 7.59. The highest BCUT2D eigenvalue weighted by Crippen LogP contribution is 2.28. The standard InChI is InChI=1S/C15H17NO3S2/c1-3-16(15(17)13-9-7-11-20-13)12-8-5-6-10-14(12)21(18,19)4-2/h5-11H,3-4H2,1-2H3. The molecule has 6 heteroatoms. The van der Waals surface area contributed by atoms with Crippen molar-refractivity contribution in [3.8, 4) is 0 Å². The van der Waals surface area contributed by atoms with Gasteiger partial charge in [-0.2, -0.15) is 0 Å². The van der Waals surface area contributed by atoms with Gasteiger partial charge < -0.3 is 4.90 Å². The number of amides is 1. The van der Waals surface area contributed by atoms with Crippen LogP contribution in [0.4, 0.5) is 5.69 Å². The summed E-state index contributed by atoms with van der Waals surface area (Å²) >= 11 is 1.35. The summed E-state index contributed by atoms with van der Waals surface area (Å²) in [5.41, 5.74) is 0.445. The maximum absolute atomic E-state index is 12.5. The first-order valence-corrected chi connectivity index (χ1v) is 9.21. The van der Waals surface area contributed by atoms with Gasteiger partial charge in [0.15, 0.2) is 9.84 Å². The van der Waals surface area contributed by atoms with Crippen LogP contribution in [0, 0.1) is 0 Å². The van der Waals surface area contributed by atoms with E-state index in [2.05, 4.69) is 0 Å². The van der Waals surface area contributed by atoms with Crippen molar-refractivity contribution in [1.29, 1.82) is 0 Å². The molecule has 1 aromatic carbocycles. The fraction of sp³-hybridized carbons (Fsp3) is 0.267. The van der Waals surface area contributed by atoms with Gasteiger partial charge in [0.1, 0.15) is 0 Å². The van der Waals surface area contributed by atoms with Gasteiger partial charge in [0.25, 0.3) is 5.91 Å². The van der Waals surface area contributed by atoms with E-state index in [1.54, 1.807) is 43.3 Å². The molecule has 1 aromatic heterocycles. The van der Waals surface area contributed by atoms with Gasteiger partial charge >= 0.3 is 0 Å². The molecule has 2 rings (SSSR count). The molecule has 4 nitrogen and oxygen atoms in total. The second-order valence-electron chi connectivity index (χ2n) is 4.40. The normalized spacial score (nSPS) is 11.3. The highest BCUT2D eigenvalue weighted by Gasteiger charge is 2.24. The molecule has 0 unspecified atom stereocenters. The first kappa shape index (κ1) is 15.7. The fourth-order valence-electron chi connectivity index (χ4n) is 2.06. The number of nitrogens with zero attached hydrogens (tertiary/aromatic N) is 1. The van der Waals surface area contributed by atoms with E-state index < -0.39 is 9.84 Å². The lowest BCUT2D eigenvalue weighted by Gasteiger charge is -2.23. The van der Waals surface area contributed by atoms with Crippen LogP contribution in [0.5, 0.6) is 0 Å². The maximum Gasteiger partial charge on any atom is 0.268 e. The Labute approximate surface area is 129 Å². The summed E-state index contributed by atoms with van der Waals surface area (Å²) in [7, 11) is -3.38. The van der Waals surface area contributed by atoms with E-state index in [0.717, 1.165) is 0 Å². The summed E-state index contributed by atoms with van der Waals surface area (Å²) in [4.78, 5) is 14.9. The molecule has 0 aliphatic heterocycles. The number of hydrogen-bond acceptors (Lipinski definition) is 4. The van der Waals surface area contributed by atoms with Gasteiger partial charge in [-0.15, -0.1) is 11.3 Å². The molecule has 0 saturated heterocycles. The Morgan fingerprint density at radius 3 is 2.43 bits per heavy atom. The summed E-state index contributed by atoms with van der Waals surface area (Å²) in [6.07, 6.45) is 0. The Bertz CT molecular complexity index is 721. The number of rotatable bonds is 5. The van der Waals surface area contributed by atoms with E-state index in [9.17, 15) is 13.2 Å². The zero-order valence-corrected chi connectivity index (χ0v) is 13.6. The zero-order chi connectivity index (χ0) is 15.5. The second kappa shape index (κ2) is 6.41. The summed E-state index contributed by atoms with van der Waals surface area (Å²) in [6.45, 7) is 3.84. The maximum atomic E-state index is 12.5. The molecule has 0 aliphatic carbocycles. The van der Waals surface area contributed by atoms with Gasteiger partial charge in [-0.25, -0.2) is 8.42 Å². The molecule has 2 aromatic rings. The van der Waals surface area contributed by atoms with Gasteiger partial charge in [0.2, 0.25) is 0 Å². The van der Waals surface area contributed by atoms with Gasteiger partial charge in [0.05, 0.1) is 21.2 Å².